The number of rotatable bonds is 4. The van der Waals surface area contributed by atoms with Crippen molar-refractivity contribution >= 4 is 5.97 Å². The lowest BCUT2D eigenvalue weighted by Crippen LogP contribution is -2.50. The van der Waals surface area contributed by atoms with Crippen LogP contribution in [0.15, 0.2) is 0 Å². The molecule has 1 saturated carbocycles. The van der Waals surface area contributed by atoms with E-state index in [4.69, 9.17) is 4.74 Å². The Labute approximate surface area is 105 Å². The maximum atomic E-state index is 11.9. The van der Waals surface area contributed by atoms with E-state index in [1.165, 1.54) is 0 Å². The molecule has 100 valence electrons. The fourth-order valence-corrected chi connectivity index (χ4v) is 3.13. The molecule has 0 heterocycles. The van der Waals surface area contributed by atoms with Crippen molar-refractivity contribution in [2.45, 2.75) is 59.0 Å². The van der Waals surface area contributed by atoms with Gasteiger partial charge in [-0.1, -0.05) is 20.8 Å². The molecule has 0 aliphatic heterocycles. The Hall–Kier alpha value is -0.570. The van der Waals surface area contributed by atoms with Crippen LogP contribution < -0.4 is 0 Å². The standard InChI is InChI=1S/C14H26O3/c1-5-12(13(15)17-6-2)14(16)8-7-10(3)9-11(14)4/h10-12,16H,5-9H2,1-4H3. The van der Waals surface area contributed by atoms with Gasteiger partial charge in [-0.3, -0.25) is 4.79 Å². The van der Waals surface area contributed by atoms with Gasteiger partial charge in [0.2, 0.25) is 0 Å². The van der Waals surface area contributed by atoms with E-state index >= 15 is 0 Å². The summed E-state index contributed by atoms with van der Waals surface area (Å²) >= 11 is 0. The van der Waals surface area contributed by atoms with E-state index < -0.39 is 5.60 Å². The number of aliphatic hydroxyl groups is 1. The van der Waals surface area contributed by atoms with Crippen molar-refractivity contribution in [2.24, 2.45) is 17.8 Å². The van der Waals surface area contributed by atoms with E-state index in [9.17, 15) is 9.90 Å². The van der Waals surface area contributed by atoms with E-state index in [1.54, 1.807) is 6.92 Å². The minimum absolute atomic E-state index is 0.167. The predicted octanol–water partition coefficient (Wildman–Crippen LogP) is 2.76. The maximum absolute atomic E-state index is 11.9. The SMILES string of the molecule is CCOC(=O)C(CC)C1(O)CCC(C)CC1C. The van der Waals surface area contributed by atoms with Gasteiger partial charge in [-0.15, -0.1) is 0 Å². The highest BCUT2D eigenvalue weighted by Gasteiger charge is 2.47. The van der Waals surface area contributed by atoms with Crippen molar-refractivity contribution < 1.29 is 14.6 Å². The Balaban J connectivity index is 2.82. The average Bonchev–Trinajstić information content (AvgIpc) is 2.26. The molecule has 4 unspecified atom stereocenters. The molecule has 1 N–H and O–H groups in total. The molecule has 1 aliphatic rings. The monoisotopic (exact) mass is 242 g/mol. The molecule has 17 heavy (non-hydrogen) atoms. The summed E-state index contributed by atoms with van der Waals surface area (Å²) in [5, 5.41) is 10.8. The second-order valence-electron chi connectivity index (χ2n) is 5.48. The zero-order valence-corrected chi connectivity index (χ0v) is 11.5. The molecule has 1 rings (SSSR count). The lowest BCUT2D eigenvalue weighted by molar-refractivity contribution is -0.168. The summed E-state index contributed by atoms with van der Waals surface area (Å²) in [6.07, 6.45) is 3.35. The van der Waals surface area contributed by atoms with E-state index in [1.807, 2.05) is 6.92 Å². The summed E-state index contributed by atoms with van der Waals surface area (Å²) in [5.41, 5.74) is -0.868. The van der Waals surface area contributed by atoms with Crippen LogP contribution in [-0.2, 0) is 9.53 Å². The zero-order valence-electron chi connectivity index (χ0n) is 11.5. The van der Waals surface area contributed by atoms with Gasteiger partial charge in [0.05, 0.1) is 18.1 Å². The van der Waals surface area contributed by atoms with Crippen molar-refractivity contribution in [3.8, 4) is 0 Å². The third-order valence-electron chi connectivity index (χ3n) is 4.23. The molecule has 3 nitrogen and oxygen atoms in total. The number of ether oxygens (including phenoxy) is 1. The highest BCUT2D eigenvalue weighted by molar-refractivity contribution is 5.74. The summed E-state index contributed by atoms with van der Waals surface area (Å²) in [5.74, 6) is 0.203. The molecule has 0 radical (unpaired) electrons. The predicted molar refractivity (Wildman–Crippen MR) is 67.5 cm³/mol. The van der Waals surface area contributed by atoms with Crippen molar-refractivity contribution in [3.63, 3.8) is 0 Å². The fourth-order valence-electron chi connectivity index (χ4n) is 3.13. The van der Waals surface area contributed by atoms with Gasteiger partial charge in [0.15, 0.2) is 0 Å². The van der Waals surface area contributed by atoms with Crippen LogP contribution in [0.1, 0.15) is 53.4 Å². The van der Waals surface area contributed by atoms with Crippen molar-refractivity contribution in [1.29, 1.82) is 0 Å². The number of hydrogen-bond acceptors (Lipinski definition) is 3. The van der Waals surface area contributed by atoms with Crippen LogP contribution in [0.2, 0.25) is 0 Å². The third kappa shape index (κ3) is 3.01. The molecule has 0 aromatic heterocycles. The van der Waals surface area contributed by atoms with Crippen LogP contribution in [0, 0.1) is 17.8 Å². The van der Waals surface area contributed by atoms with Gasteiger partial charge < -0.3 is 9.84 Å². The van der Waals surface area contributed by atoms with E-state index in [0.29, 0.717) is 25.4 Å². The Morgan fingerprint density at radius 1 is 1.47 bits per heavy atom. The molecule has 0 amide bonds. The molecular weight excluding hydrogens is 216 g/mol. The highest BCUT2D eigenvalue weighted by atomic mass is 16.5. The van der Waals surface area contributed by atoms with Gasteiger partial charge >= 0.3 is 5.97 Å². The molecule has 4 atom stereocenters. The first-order valence-electron chi connectivity index (χ1n) is 6.84. The quantitative estimate of drug-likeness (QED) is 0.771. The lowest BCUT2D eigenvalue weighted by atomic mass is 9.66. The summed E-state index contributed by atoms with van der Waals surface area (Å²) in [6, 6.07) is 0. The van der Waals surface area contributed by atoms with E-state index in [2.05, 4.69) is 13.8 Å². The van der Waals surface area contributed by atoms with Gasteiger partial charge in [0.1, 0.15) is 0 Å². The smallest absolute Gasteiger partial charge is 0.311 e. The molecule has 0 spiro atoms. The Morgan fingerprint density at radius 3 is 2.59 bits per heavy atom. The van der Waals surface area contributed by atoms with Crippen molar-refractivity contribution in [2.75, 3.05) is 6.61 Å². The van der Waals surface area contributed by atoms with Crippen LogP contribution in [0.4, 0.5) is 0 Å². The van der Waals surface area contributed by atoms with E-state index in [-0.39, 0.29) is 17.8 Å². The van der Waals surface area contributed by atoms with Crippen LogP contribution in [0.3, 0.4) is 0 Å². The minimum Gasteiger partial charge on any atom is -0.466 e. The van der Waals surface area contributed by atoms with E-state index in [0.717, 1.165) is 12.8 Å². The first-order valence-corrected chi connectivity index (χ1v) is 6.84. The second kappa shape index (κ2) is 5.85. The minimum atomic E-state index is -0.868. The van der Waals surface area contributed by atoms with Crippen LogP contribution >= 0.6 is 0 Å². The molecule has 0 saturated heterocycles. The molecule has 1 fully saturated rings. The van der Waals surface area contributed by atoms with Crippen molar-refractivity contribution in [1.82, 2.24) is 0 Å². The van der Waals surface area contributed by atoms with Crippen LogP contribution in [0.5, 0.6) is 0 Å². The zero-order chi connectivity index (χ0) is 13.1. The summed E-state index contributed by atoms with van der Waals surface area (Å²) < 4.78 is 5.09. The normalized spacial score (nSPS) is 35.4. The van der Waals surface area contributed by atoms with Crippen molar-refractivity contribution in [3.05, 3.63) is 0 Å². The van der Waals surface area contributed by atoms with Gasteiger partial charge in [-0.05, 0) is 44.4 Å². The van der Waals surface area contributed by atoms with Crippen LogP contribution in [-0.4, -0.2) is 23.3 Å². The number of carbonyl (C=O) groups excluding carboxylic acids is 1. The Bertz CT molecular complexity index is 264. The van der Waals surface area contributed by atoms with Gasteiger partial charge in [-0.2, -0.15) is 0 Å². The molecule has 0 bridgehead atoms. The number of esters is 1. The fraction of sp³-hybridized carbons (Fsp3) is 0.929. The van der Waals surface area contributed by atoms with Gasteiger partial charge in [0.25, 0.3) is 0 Å². The molecular formula is C14H26O3. The first kappa shape index (κ1) is 14.5. The molecule has 3 heteroatoms. The topological polar surface area (TPSA) is 46.5 Å². The first-order chi connectivity index (χ1) is 7.95. The summed E-state index contributed by atoms with van der Waals surface area (Å²) in [6.45, 7) is 8.40. The third-order valence-corrected chi connectivity index (χ3v) is 4.23. The largest absolute Gasteiger partial charge is 0.466 e. The van der Waals surface area contributed by atoms with Crippen LogP contribution in [0.25, 0.3) is 0 Å². The second-order valence-corrected chi connectivity index (χ2v) is 5.48. The number of hydrogen-bond donors (Lipinski definition) is 1. The Morgan fingerprint density at radius 2 is 2.12 bits per heavy atom. The Kier molecular flexibility index (Phi) is 4.99. The lowest BCUT2D eigenvalue weighted by Gasteiger charge is -2.44. The summed E-state index contributed by atoms with van der Waals surface area (Å²) in [4.78, 5) is 11.9. The highest BCUT2D eigenvalue weighted by Crippen LogP contribution is 2.42. The molecule has 0 aromatic rings. The van der Waals surface area contributed by atoms with Gasteiger partial charge in [-0.25, -0.2) is 0 Å². The molecule has 0 aromatic carbocycles. The molecule has 1 aliphatic carbocycles. The maximum Gasteiger partial charge on any atom is 0.311 e. The summed E-state index contributed by atoms with van der Waals surface area (Å²) in [7, 11) is 0. The number of carbonyl (C=O) groups is 1. The average molecular weight is 242 g/mol. The van der Waals surface area contributed by atoms with Gasteiger partial charge in [0, 0.05) is 0 Å².